The molecule has 2 rings (SSSR count). The molecule has 0 unspecified atom stereocenters. The molecule has 1 aromatic rings. The summed E-state index contributed by atoms with van der Waals surface area (Å²) in [5.41, 5.74) is 0. The molecule has 6 heteroatoms. The summed E-state index contributed by atoms with van der Waals surface area (Å²) >= 11 is 0. The first-order chi connectivity index (χ1) is 6.11. The van der Waals surface area contributed by atoms with Crippen LogP contribution in [0, 0.1) is 0 Å². The Bertz CT molecular complexity index is 393. The predicted octanol–water partition coefficient (Wildman–Crippen LogP) is 0.113. The van der Waals surface area contributed by atoms with E-state index in [0.717, 1.165) is 0 Å². The van der Waals surface area contributed by atoms with Gasteiger partial charge in [-0.3, -0.25) is 10.1 Å². The van der Waals surface area contributed by atoms with Crippen LogP contribution in [0.5, 0.6) is 0 Å². The maximum Gasteiger partial charge on any atom is 0.335 e. The van der Waals surface area contributed by atoms with Gasteiger partial charge in [0.15, 0.2) is 0 Å². The second-order valence-electron chi connectivity index (χ2n) is 3.13. The van der Waals surface area contributed by atoms with Gasteiger partial charge in [-0.15, -0.1) is 10.2 Å². The summed E-state index contributed by atoms with van der Waals surface area (Å²) in [5.74, 6) is 0.175. The molecule has 0 radical (unpaired) electrons. The lowest BCUT2D eigenvalue weighted by atomic mass is 10.2. The molecule has 2 amide bonds. The lowest BCUT2D eigenvalue weighted by Crippen LogP contribution is -2.24. The van der Waals surface area contributed by atoms with Gasteiger partial charge in [0.25, 0.3) is 5.91 Å². The van der Waals surface area contributed by atoms with Crippen LogP contribution in [0.4, 0.5) is 4.79 Å². The van der Waals surface area contributed by atoms with Gasteiger partial charge >= 0.3 is 6.03 Å². The van der Waals surface area contributed by atoms with Gasteiger partial charge < -0.3 is 0 Å². The maximum atomic E-state index is 11.2. The Hall–Kier alpha value is -1.72. The van der Waals surface area contributed by atoms with E-state index in [4.69, 9.17) is 0 Å². The van der Waals surface area contributed by atoms with E-state index >= 15 is 0 Å². The van der Waals surface area contributed by atoms with Crippen molar-refractivity contribution in [2.45, 2.75) is 19.8 Å². The van der Waals surface area contributed by atoms with Crippen molar-refractivity contribution in [1.29, 1.82) is 0 Å². The number of fused-ring (bicyclic) bond motifs is 1. The Morgan fingerprint density at radius 1 is 1.31 bits per heavy atom. The number of amides is 2. The number of carbonyl (C=O) groups excluding carboxylic acids is 2. The topological polar surface area (TPSA) is 76.9 Å². The fourth-order valence-electron chi connectivity index (χ4n) is 1.23. The van der Waals surface area contributed by atoms with Crippen molar-refractivity contribution in [3.8, 4) is 0 Å². The number of aromatic nitrogens is 3. The first-order valence-electron chi connectivity index (χ1n) is 3.92. The van der Waals surface area contributed by atoms with Gasteiger partial charge in [-0.1, -0.05) is 13.8 Å². The van der Waals surface area contributed by atoms with E-state index < -0.39 is 11.9 Å². The molecular formula is C7H8N4O2. The zero-order chi connectivity index (χ0) is 9.59. The molecule has 0 atom stereocenters. The first kappa shape index (κ1) is 7.90. The third-order valence-corrected chi connectivity index (χ3v) is 1.83. The third kappa shape index (κ3) is 0.947. The molecule has 6 nitrogen and oxygen atoms in total. The summed E-state index contributed by atoms with van der Waals surface area (Å²) < 4.78 is 1.22. The molecule has 1 N–H and O–H groups in total. The molecular weight excluding hydrogens is 172 g/mol. The maximum absolute atomic E-state index is 11.2. The summed E-state index contributed by atoms with van der Waals surface area (Å²) in [4.78, 5) is 22.3. The van der Waals surface area contributed by atoms with Crippen molar-refractivity contribution in [2.75, 3.05) is 0 Å². The van der Waals surface area contributed by atoms with Crippen LogP contribution < -0.4 is 5.32 Å². The molecule has 1 aromatic heterocycles. The zero-order valence-electron chi connectivity index (χ0n) is 7.24. The fraction of sp³-hybridized carbons (Fsp3) is 0.429. The molecule has 1 aliphatic heterocycles. The molecule has 2 heterocycles. The second-order valence-corrected chi connectivity index (χ2v) is 3.13. The van der Waals surface area contributed by atoms with Gasteiger partial charge in [0.1, 0.15) is 5.82 Å². The van der Waals surface area contributed by atoms with Crippen LogP contribution in [0.15, 0.2) is 0 Å². The summed E-state index contributed by atoms with van der Waals surface area (Å²) in [6.07, 6.45) is 0. The van der Waals surface area contributed by atoms with Crippen molar-refractivity contribution in [2.24, 2.45) is 0 Å². The Balaban J connectivity index is 2.61. The number of hydrogen-bond donors (Lipinski definition) is 1. The van der Waals surface area contributed by atoms with Crippen LogP contribution in [0.25, 0.3) is 0 Å². The molecule has 0 aliphatic carbocycles. The highest BCUT2D eigenvalue weighted by atomic mass is 16.2. The number of rotatable bonds is 1. The smallest absolute Gasteiger partial charge is 0.270 e. The van der Waals surface area contributed by atoms with Crippen molar-refractivity contribution in [3.05, 3.63) is 11.6 Å². The van der Waals surface area contributed by atoms with Gasteiger partial charge in [-0.2, -0.15) is 0 Å². The van der Waals surface area contributed by atoms with E-state index in [1.165, 1.54) is 4.57 Å². The molecule has 0 aromatic carbocycles. The lowest BCUT2D eigenvalue weighted by Gasteiger charge is -2.01. The van der Waals surface area contributed by atoms with E-state index in [1.54, 1.807) is 0 Å². The molecule has 0 saturated heterocycles. The molecule has 0 bridgehead atoms. The second kappa shape index (κ2) is 2.38. The van der Waals surface area contributed by atoms with Crippen LogP contribution in [0.1, 0.15) is 36.2 Å². The van der Waals surface area contributed by atoms with Crippen molar-refractivity contribution in [1.82, 2.24) is 20.1 Å². The minimum Gasteiger partial charge on any atom is -0.270 e. The Kier molecular flexibility index (Phi) is 1.45. The van der Waals surface area contributed by atoms with Crippen LogP contribution >= 0.6 is 0 Å². The van der Waals surface area contributed by atoms with Gasteiger partial charge in [0.05, 0.1) is 0 Å². The summed E-state index contributed by atoms with van der Waals surface area (Å²) in [7, 11) is 0. The normalized spacial score (nSPS) is 15.0. The van der Waals surface area contributed by atoms with Crippen LogP contribution in [-0.2, 0) is 0 Å². The minimum atomic E-state index is -0.482. The van der Waals surface area contributed by atoms with E-state index in [1.807, 2.05) is 13.8 Å². The third-order valence-electron chi connectivity index (χ3n) is 1.83. The Labute approximate surface area is 74.0 Å². The molecule has 68 valence electrons. The van der Waals surface area contributed by atoms with Gasteiger partial charge in [-0.05, 0) is 0 Å². The zero-order valence-corrected chi connectivity index (χ0v) is 7.24. The summed E-state index contributed by atoms with van der Waals surface area (Å²) in [6.45, 7) is 3.76. The van der Waals surface area contributed by atoms with E-state index in [-0.39, 0.29) is 11.7 Å². The number of nitrogens with one attached hydrogen (secondary N) is 1. The van der Waals surface area contributed by atoms with E-state index in [2.05, 4.69) is 15.5 Å². The van der Waals surface area contributed by atoms with Gasteiger partial charge in [0, 0.05) is 5.92 Å². The minimum absolute atomic E-state index is 0.0675. The number of carbonyl (C=O) groups is 2. The van der Waals surface area contributed by atoms with Crippen molar-refractivity contribution < 1.29 is 9.59 Å². The van der Waals surface area contributed by atoms with Crippen molar-refractivity contribution >= 4 is 11.9 Å². The van der Waals surface area contributed by atoms with Gasteiger partial charge in [-0.25, -0.2) is 9.36 Å². The number of hydrogen-bond acceptors (Lipinski definition) is 4. The van der Waals surface area contributed by atoms with Crippen LogP contribution in [0.2, 0.25) is 0 Å². The molecule has 1 aliphatic rings. The monoisotopic (exact) mass is 180 g/mol. The average molecular weight is 180 g/mol. The first-order valence-corrected chi connectivity index (χ1v) is 3.92. The largest absolute Gasteiger partial charge is 0.335 e. The molecule has 0 saturated carbocycles. The average Bonchev–Trinajstić information content (AvgIpc) is 2.55. The van der Waals surface area contributed by atoms with E-state index in [9.17, 15) is 9.59 Å². The fourth-order valence-corrected chi connectivity index (χ4v) is 1.23. The van der Waals surface area contributed by atoms with Crippen LogP contribution in [-0.4, -0.2) is 26.7 Å². The number of nitrogens with zero attached hydrogens (tertiary/aromatic N) is 3. The predicted molar refractivity (Wildman–Crippen MR) is 42.4 cm³/mol. The van der Waals surface area contributed by atoms with Crippen LogP contribution in [0.3, 0.4) is 0 Å². The molecule has 13 heavy (non-hydrogen) atoms. The lowest BCUT2D eigenvalue weighted by molar-refractivity contribution is 0.0971. The highest BCUT2D eigenvalue weighted by molar-refractivity contribution is 6.10. The highest BCUT2D eigenvalue weighted by Crippen LogP contribution is 2.15. The SMILES string of the molecule is CC(C)c1nnc2n1C(=O)NC2=O. The summed E-state index contributed by atoms with van der Waals surface area (Å²) in [6, 6.07) is -0.464. The quantitative estimate of drug-likeness (QED) is 0.665. The molecule has 0 fully saturated rings. The standard InChI is InChI=1S/C7H8N4O2/c1-3(2)4-9-10-5-6(12)8-7(13)11(4)5/h3H,1-2H3,(H,8,12,13). The Morgan fingerprint density at radius 2 is 2.00 bits per heavy atom. The Morgan fingerprint density at radius 3 is 2.62 bits per heavy atom. The van der Waals surface area contributed by atoms with Gasteiger partial charge in [0.2, 0.25) is 5.82 Å². The van der Waals surface area contributed by atoms with Crippen molar-refractivity contribution in [3.63, 3.8) is 0 Å². The number of imide groups is 1. The van der Waals surface area contributed by atoms with E-state index in [0.29, 0.717) is 5.82 Å². The summed E-state index contributed by atoms with van der Waals surface area (Å²) in [5, 5.41) is 9.54. The highest BCUT2D eigenvalue weighted by Gasteiger charge is 2.32. The molecule has 0 spiro atoms.